The summed E-state index contributed by atoms with van der Waals surface area (Å²) in [6.07, 6.45) is 1.55. The molecule has 0 fully saturated rings. The van der Waals surface area contributed by atoms with E-state index in [2.05, 4.69) is 0 Å². The van der Waals surface area contributed by atoms with Crippen molar-refractivity contribution in [3.05, 3.63) is 39.2 Å². The molecule has 16 heavy (non-hydrogen) atoms. The van der Waals surface area contributed by atoms with Crippen molar-refractivity contribution >= 4 is 17.4 Å². The van der Waals surface area contributed by atoms with Gasteiger partial charge in [-0.1, -0.05) is 6.07 Å². The first-order valence-electron chi connectivity index (χ1n) is 4.18. The highest BCUT2D eigenvalue weighted by atomic mass is 32.1. The molecule has 0 saturated heterocycles. The molecule has 0 aliphatic carbocycles. The number of nitrogens with two attached hydrogens (primary N) is 1. The molecule has 0 aliphatic rings. The molecular weight excluding hydrogens is 220 g/mol. The Labute approximate surface area is 96.8 Å². The van der Waals surface area contributed by atoms with Gasteiger partial charge in [-0.2, -0.15) is 15.8 Å². The van der Waals surface area contributed by atoms with Crippen LogP contribution in [-0.2, 0) is 0 Å². The molecule has 0 saturated carbocycles. The molecule has 0 spiro atoms. The summed E-state index contributed by atoms with van der Waals surface area (Å²) >= 11 is 1.44. The quantitative estimate of drug-likeness (QED) is 0.615. The predicted molar refractivity (Wildman–Crippen MR) is 60.3 cm³/mol. The van der Waals surface area contributed by atoms with E-state index in [0.29, 0.717) is 0 Å². The zero-order valence-electron chi connectivity index (χ0n) is 8.14. The smallest absolute Gasteiger partial charge is 0.153 e. The lowest BCUT2D eigenvalue weighted by Crippen LogP contribution is -2.03. The van der Waals surface area contributed by atoms with Gasteiger partial charge in [0, 0.05) is 4.88 Å². The van der Waals surface area contributed by atoms with Gasteiger partial charge in [0.1, 0.15) is 18.2 Å². The fraction of sp³-hybridized carbons (Fsp3) is 0. The Hall–Kier alpha value is -2.55. The van der Waals surface area contributed by atoms with Gasteiger partial charge >= 0.3 is 0 Å². The van der Waals surface area contributed by atoms with Gasteiger partial charge in [0.2, 0.25) is 0 Å². The lowest BCUT2D eigenvalue weighted by molar-refractivity contribution is 1.31. The van der Waals surface area contributed by atoms with Crippen molar-refractivity contribution in [1.29, 1.82) is 15.8 Å². The predicted octanol–water partition coefficient (Wildman–Crippen LogP) is 1.92. The highest BCUT2D eigenvalue weighted by molar-refractivity contribution is 7.10. The van der Waals surface area contributed by atoms with Crippen LogP contribution in [-0.4, -0.2) is 0 Å². The average Bonchev–Trinajstić information content (AvgIpc) is 2.80. The van der Waals surface area contributed by atoms with E-state index in [-0.39, 0.29) is 16.8 Å². The fourth-order valence-electron chi connectivity index (χ4n) is 0.966. The molecule has 2 N–H and O–H groups in total. The molecule has 1 aromatic rings. The average molecular weight is 226 g/mol. The van der Waals surface area contributed by atoms with Crippen LogP contribution < -0.4 is 5.73 Å². The third-order valence-corrected chi connectivity index (χ3v) is 2.55. The molecule has 0 radical (unpaired) electrons. The Kier molecular flexibility index (Phi) is 3.86. The van der Waals surface area contributed by atoms with E-state index < -0.39 is 0 Å². The lowest BCUT2D eigenvalue weighted by Gasteiger charge is -1.97. The van der Waals surface area contributed by atoms with Crippen LogP contribution >= 0.6 is 11.3 Å². The van der Waals surface area contributed by atoms with E-state index in [1.165, 1.54) is 11.3 Å². The van der Waals surface area contributed by atoms with E-state index in [0.717, 1.165) is 4.88 Å². The number of hydrogen-bond donors (Lipinski definition) is 1. The van der Waals surface area contributed by atoms with E-state index in [1.54, 1.807) is 18.2 Å². The van der Waals surface area contributed by atoms with Crippen molar-refractivity contribution in [3.8, 4) is 18.2 Å². The summed E-state index contributed by atoms with van der Waals surface area (Å²) < 4.78 is 0. The standard InChI is InChI=1S/C11H6N4S/c12-5-8(4-10-2-1-3-16-10)11(15)9(6-13)7-14/h1-4H,15H2/b8-4-. The molecule has 0 aromatic carbocycles. The van der Waals surface area contributed by atoms with Crippen LogP contribution in [0.25, 0.3) is 6.08 Å². The van der Waals surface area contributed by atoms with E-state index in [1.807, 2.05) is 23.6 Å². The molecule has 0 bridgehead atoms. The second kappa shape index (κ2) is 5.36. The van der Waals surface area contributed by atoms with Crippen molar-refractivity contribution < 1.29 is 0 Å². The largest absolute Gasteiger partial charge is 0.396 e. The molecule has 1 aromatic heterocycles. The minimum absolute atomic E-state index is 0.0825. The van der Waals surface area contributed by atoms with E-state index in [4.69, 9.17) is 21.5 Å². The van der Waals surface area contributed by atoms with Gasteiger partial charge in [0.25, 0.3) is 0 Å². The summed E-state index contributed by atoms with van der Waals surface area (Å²) in [5.41, 5.74) is 5.36. The SMILES string of the molecule is N#CC(C#N)=C(N)/C(C#N)=C\c1cccs1. The van der Waals surface area contributed by atoms with Crippen molar-refractivity contribution in [2.75, 3.05) is 0 Å². The maximum absolute atomic E-state index is 8.89. The van der Waals surface area contributed by atoms with Gasteiger partial charge in [-0.3, -0.25) is 0 Å². The molecule has 4 nitrogen and oxygen atoms in total. The van der Waals surface area contributed by atoms with Gasteiger partial charge in [-0.25, -0.2) is 0 Å². The monoisotopic (exact) mass is 226 g/mol. The summed E-state index contributed by atoms with van der Waals surface area (Å²) in [4.78, 5) is 0.842. The highest BCUT2D eigenvalue weighted by Gasteiger charge is 2.07. The van der Waals surface area contributed by atoms with Crippen molar-refractivity contribution in [1.82, 2.24) is 0 Å². The molecule has 0 unspecified atom stereocenters. The minimum atomic E-state index is -0.246. The third-order valence-electron chi connectivity index (χ3n) is 1.73. The van der Waals surface area contributed by atoms with Crippen molar-refractivity contribution in [2.45, 2.75) is 0 Å². The van der Waals surface area contributed by atoms with Crippen LogP contribution in [0.3, 0.4) is 0 Å². The van der Waals surface area contributed by atoms with Crippen molar-refractivity contribution in [2.24, 2.45) is 5.73 Å². The Balaban J connectivity index is 3.22. The first kappa shape index (κ1) is 11.5. The second-order valence-electron chi connectivity index (χ2n) is 2.70. The molecule has 76 valence electrons. The normalized spacial score (nSPS) is 9.69. The number of nitriles is 3. The number of hydrogen-bond acceptors (Lipinski definition) is 5. The van der Waals surface area contributed by atoms with Crippen LogP contribution in [0.5, 0.6) is 0 Å². The number of allylic oxidation sites excluding steroid dienone is 2. The van der Waals surface area contributed by atoms with Gasteiger partial charge in [-0.15, -0.1) is 11.3 Å². The molecular formula is C11H6N4S. The Morgan fingerprint density at radius 2 is 1.94 bits per heavy atom. The van der Waals surface area contributed by atoms with E-state index in [9.17, 15) is 0 Å². The topological polar surface area (TPSA) is 97.4 Å². The number of nitrogens with zero attached hydrogens (tertiary/aromatic N) is 3. The molecule has 0 atom stereocenters. The van der Waals surface area contributed by atoms with Crippen LogP contribution in [0, 0.1) is 34.0 Å². The van der Waals surface area contributed by atoms with Crippen LogP contribution in [0.4, 0.5) is 0 Å². The fourth-order valence-corrected chi connectivity index (χ4v) is 1.62. The summed E-state index contributed by atoms with van der Waals surface area (Å²) in [6.45, 7) is 0. The summed E-state index contributed by atoms with van der Waals surface area (Å²) in [6, 6.07) is 8.82. The number of thiophene rings is 1. The van der Waals surface area contributed by atoms with Gasteiger partial charge in [-0.05, 0) is 17.5 Å². The Morgan fingerprint density at radius 1 is 1.25 bits per heavy atom. The number of rotatable bonds is 2. The Morgan fingerprint density at radius 3 is 2.38 bits per heavy atom. The summed E-state index contributed by atoms with van der Waals surface area (Å²) in [7, 11) is 0. The molecule has 5 heteroatoms. The zero-order chi connectivity index (χ0) is 12.0. The Bertz CT molecular complexity index is 543. The first-order chi connectivity index (χ1) is 7.72. The highest BCUT2D eigenvalue weighted by Crippen LogP contribution is 2.17. The molecule has 1 rings (SSSR count). The molecule has 0 amide bonds. The summed E-state index contributed by atoms with van der Waals surface area (Å²) in [5, 5.41) is 28.0. The van der Waals surface area contributed by atoms with Gasteiger partial charge in [0.15, 0.2) is 5.57 Å². The van der Waals surface area contributed by atoms with E-state index >= 15 is 0 Å². The lowest BCUT2D eigenvalue weighted by atomic mass is 10.1. The van der Waals surface area contributed by atoms with Crippen LogP contribution in [0.2, 0.25) is 0 Å². The van der Waals surface area contributed by atoms with Crippen LogP contribution in [0.1, 0.15) is 4.88 Å². The molecule has 0 aliphatic heterocycles. The second-order valence-corrected chi connectivity index (χ2v) is 3.68. The molecule has 1 heterocycles. The van der Waals surface area contributed by atoms with Crippen molar-refractivity contribution in [3.63, 3.8) is 0 Å². The zero-order valence-corrected chi connectivity index (χ0v) is 8.95. The third kappa shape index (κ3) is 2.48. The summed E-state index contributed by atoms with van der Waals surface area (Å²) in [5.74, 6) is 0. The maximum atomic E-state index is 8.89. The van der Waals surface area contributed by atoms with Gasteiger partial charge < -0.3 is 5.73 Å². The minimum Gasteiger partial charge on any atom is -0.396 e. The maximum Gasteiger partial charge on any atom is 0.153 e. The first-order valence-corrected chi connectivity index (χ1v) is 5.06. The van der Waals surface area contributed by atoms with Gasteiger partial charge in [0.05, 0.1) is 11.3 Å². The van der Waals surface area contributed by atoms with Crippen LogP contribution in [0.15, 0.2) is 34.4 Å².